The molecular formula is C32H27ClF2N6O4. The molecular weight excluding hydrogens is 606 g/mol. The minimum atomic E-state index is -2.80. The van der Waals surface area contributed by atoms with E-state index in [4.69, 9.17) is 16.3 Å². The van der Waals surface area contributed by atoms with Crippen molar-refractivity contribution in [3.05, 3.63) is 89.1 Å². The Bertz CT molecular complexity index is 1810. The second-order valence-corrected chi connectivity index (χ2v) is 11.4. The van der Waals surface area contributed by atoms with Crippen LogP contribution in [0, 0.1) is 11.3 Å². The van der Waals surface area contributed by atoms with Crippen LogP contribution in [0.3, 0.4) is 0 Å². The van der Waals surface area contributed by atoms with E-state index in [0.717, 1.165) is 4.90 Å². The zero-order chi connectivity index (χ0) is 31.7. The van der Waals surface area contributed by atoms with Crippen LogP contribution < -0.4 is 15.1 Å². The van der Waals surface area contributed by atoms with Gasteiger partial charge in [0.15, 0.2) is 6.04 Å². The first kappa shape index (κ1) is 30.0. The number of alkyl halides is 2. The molecule has 13 heteroatoms. The number of nitrogens with one attached hydrogen (secondary N) is 2. The second kappa shape index (κ2) is 12.2. The van der Waals surface area contributed by atoms with Crippen molar-refractivity contribution >= 4 is 51.8 Å². The lowest BCUT2D eigenvalue weighted by atomic mass is 9.91. The standard InChI is InChI=1S/C32H27ClF2N6O4/c33-24-9-2-1-8-23(24)28(29(42)38-21-11-13-32(34,35)14-12-21)41(25-10-4-6-20-17-37-39-27(20)25)30(43)26-18-45-31(44)40(26)22-7-3-5-19(15-22)16-36/h1-10,15,17,21,26,28H,11-14,18H2,(H,37,39)(H,38,42)/t26-,28?/m0/s1. The first-order valence-electron chi connectivity index (χ1n) is 14.3. The van der Waals surface area contributed by atoms with Gasteiger partial charge in [0.1, 0.15) is 12.6 Å². The Morgan fingerprint density at radius 2 is 1.89 bits per heavy atom. The van der Waals surface area contributed by atoms with Crippen molar-refractivity contribution in [1.82, 2.24) is 15.5 Å². The molecule has 1 aromatic heterocycles. The Balaban J connectivity index is 1.48. The van der Waals surface area contributed by atoms with Gasteiger partial charge in [0.25, 0.3) is 5.91 Å². The number of hydrogen-bond donors (Lipinski definition) is 2. The van der Waals surface area contributed by atoms with Gasteiger partial charge in [0.2, 0.25) is 11.8 Å². The highest BCUT2D eigenvalue weighted by Gasteiger charge is 2.46. The molecule has 6 rings (SSSR count). The summed E-state index contributed by atoms with van der Waals surface area (Å²) >= 11 is 6.66. The molecule has 1 saturated heterocycles. The van der Waals surface area contributed by atoms with Crippen LogP contribution in [0.15, 0.2) is 72.9 Å². The van der Waals surface area contributed by atoms with Gasteiger partial charge in [-0.05, 0) is 43.2 Å². The number of aromatic nitrogens is 2. The minimum absolute atomic E-state index is 0.0615. The van der Waals surface area contributed by atoms with Crippen LogP contribution in [0.2, 0.25) is 5.02 Å². The molecule has 2 fully saturated rings. The molecule has 2 heterocycles. The highest BCUT2D eigenvalue weighted by molar-refractivity contribution is 6.32. The largest absolute Gasteiger partial charge is 0.446 e. The van der Waals surface area contributed by atoms with Gasteiger partial charge in [-0.25, -0.2) is 13.6 Å². The zero-order valence-electron chi connectivity index (χ0n) is 23.8. The monoisotopic (exact) mass is 632 g/mol. The predicted octanol–water partition coefficient (Wildman–Crippen LogP) is 5.88. The van der Waals surface area contributed by atoms with E-state index >= 15 is 0 Å². The Hall–Kier alpha value is -5.02. The van der Waals surface area contributed by atoms with Gasteiger partial charge in [-0.3, -0.25) is 24.5 Å². The average Bonchev–Trinajstić information content (AvgIpc) is 3.68. The molecule has 1 saturated carbocycles. The summed E-state index contributed by atoms with van der Waals surface area (Å²) in [5.41, 5.74) is 1.53. The van der Waals surface area contributed by atoms with Gasteiger partial charge in [-0.1, -0.05) is 48.0 Å². The van der Waals surface area contributed by atoms with E-state index in [2.05, 4.69) is 15.5 Å². The predicted molar refractivity (Wildman–Crippen MR) is 162 cm³/mol. The van der Waals surface area contributed by atoms with E-state index in [1.165, 1.54) is 11.0 Å². The number of H-pyrrole nitrogens is 1. The van der Waals surface area contributed by atoms with Crippen LogP contribution in [0.1, 0.15) is 42.9 Å². The molecule has 1 aliphatic carbocycles. The number of carbonyl (C=O) groups excluding carboxylic acids is 3. The number of fused-ring (bicyclic) bond motifs is 1. The minimum Gasteiger partial charge on any atom is -0.446 e. The number of halogens is 3. The van der Waals surface area contributed by atoms with E-state index in [9.17, 15) is 28.4 Å². The number of nitriles is 1. The van der Waals surface area contributed by atoms with E-state index in [1.54, 1.807) is 66.9 Å². The quantitative estimate of drug-likeness (QED) is 0.262. The lowest BCUT2D eigenvalue weighted by Crippen LogP contribution is -2.54. The molecule has 2 atom stereocenters. The van der Waals surface area contributed by atoms with E-state index in [1.807, 2.05) is 6.07 Å². The lowest BCUT2D eigenvalue weighted by molar-refractivity contribution is -0.128. The summed E-state index contributed by atoms with van der Waals surface area (Å²) in [6, 6.07) is 16.7. The van der Waals surface area contributed by atoms with Crippen LogP contribution in [0.25, 0.3) is 10.9 Å². The molecule has 2 aliphatic rings. The molecule has 230 valence electrons. The van der Waals surface area contributed by atoms with Crippen molar-refractivity contribution in [2.45, 2.75) is 49.7 Å². The van der Waals surface area contributed by atoms with Crippen molar-refractivity contribution in [3.63, 3.8) is 0 Å². The van der Waals surface area contributed by atoms with Crippen molar-refractivity contribution in [2.24, 2.45) is 0 Å². The molecule has 1 aliphatic heterocycles. The van der Waals surface area contributed by atoms with Crippen LogP contribution in [-0.2, 0) is 14.3 Å². The maximum Gasteiger partial charge on any atom is 0.415 e. The van der Waals surface area contributed by atoms with Crippen LogP contribution in [-0.4, -0.2) is 52.7 Å². The van der Waals surface area contributed by atoms with Gasteiger partial charge in [0.05, 0.1) is 29.0 Å². The Morgan fingerprint density at radius 1 is 1.13 bits per heavy atom. The molecule has 0 radical (unpaired) electrons. The van der Waals surface area contributed by atoms with Gasteiger partial charge in [-0.15, -0.1) is 0 Å². The molecule has 3 amide bonds. The van der Waals surface area contributed by atoms with E-state index < -0.39 is 42.0 Å². The van der Waals surface area contributed by atoms with Gasteiger partial charge in [0, 0.05) is 40.5 Å². The maximum atomic E-state index is 14.8. The van der Waals surface area contributed by atoms with Gasteiger partial charge < -0.3 is 10.1 Å². The Morgan fingerprint density at radius 3 is 2.64 bits per heavy atom. The zero-order valence-corrected chi connectivity index (χ0v) is 24.5. The Kier molecular flexibility index (Phi) is 8.12. The van der Waals surface area contributed by atoms with Crippen molar-refractivity contribution in [1.29, 1.82) is 5.26 Å². The fraction of sp³-hybridized carbons (Fsp3) is 0.281. The van der Waals surface area contributed by atoms with Crippen molar-refractivity contribution in [2.75, 3.05) is 16.4 Å². The summed E-state index contributed by atoms with van der Waals surface area (Å²) in [4.78, 5) is 44.6. The molecule has 3 aromatic carbocycles. The number of para-hydroxylation sites is 1. The number of rotatable bonds is 7. The van der Waals surface area contributed by atoms with Gasteiger partial charge >= 0.3 is 6.09 Å². The molecule has 1 unspecified atom stereocenters. The number of aromatic amines is 1. The first-order chi connectivity index (χ1) is 21.7. The van der Waals surface area contributed by atoms with Crippen LogP contribution >= 0.6 is 11.6 Å². The summed E-state index contributed by atoms with van der Waals surface area (Å²) in [7, 11) is 0. The summed E-state index contributed by atoms with van der Waals surface area (Å²) in [6.07, 6.45) is 0.144. The third kappa shape index (κ3) is 5.91. The molecule has 10 nitrogen and oxygen atoms in total. The number of cyclic esters (lactones) is 1. The lowest BCUT2D eigenvalue weighted by Gasteiger charge is -2.36. The van der Waals surface area contributed by atoms with E-state index in [-0.39, 0.29) is 59.8 Å². The van der Waals surface area contributed by atoms with Crippen molar-refractivity contribution < 1.29 is 27.9 Å². The second-order valence-electron chi connectivity index (χ2n) is 11.0. The third-order valence-electron chi connectivity index (χ3n) is 8.13. The fourth-order valence-electron chi connectivity index (χ4n) is 5.87. The molecule has 0 bridgehead atoms. The number of nitrogens with zero attached hydrogens (tertiary/aromatic N) is 4. The van der Waals surface area contributed by atoms with E-state index in [0.29, 0.717) is 10.9 Å². The van der Waals surface area contributed by atoms with Crippen LogP contribution in [0.5, 0.6) is 0 Å². The third-order valence-corrected chi connectivity index (χ3v) is 8.48. The number of amides is 3. The van der Waals surface area contributed by atoms with Gasteiger partial charge in [-0.2, -0.15) is 10.4 Å². The molecule has 2 N–H and O–H groups in total. The summed E-state index contributed by atoms with van der Waals surface area (Å²) in [5.74, 6) is -4.12. The molecule has 4 aromatic rings. The van der Waals surface area contributed by atoms with Crippen molar-refractivity contribution in [3.8, 4) is 6.07 Å². The number of ether oxygens (including phenoxy) is 1. The maximum absolute atomic E-state index is 14.8. The Labute approximate surface area is 261 Å². The average molecular weight is 633 g/mol. The fourth-order valence-corrected chi connectivity index (χ4v) is 6.11. The first-order valence-corrected chi connectivity index (χ1v) is 14.7. The number of hydrogen-bond acceptors (Lipinski definition) is 6. The highest BCUT2D eigenvalue weighted by Crippen LogP contribution is 2.39. The summed E-state index contributed by atoms with van der Waals surface area (Å²) in [5, 5.41) is 20.2. The highest BCUT2D eigenvalue weighted by atomic mass is 35.5. The smallest absolute Gasteiger partial charge is 0.415 e. The normalized spacial score (nSPS) is 18.7. The summed E-state index contributed by atoms with van der Waals surface area (Å²) in [6.45, 7) is -0.335. The summed E-state index contributed by atoms with van der Waals surface area (Å²) < 4.78 is 33.2. The number of anilines is 2. The number of benzene rings is 3. The molecule has 0 spiro atoms. The van der Waals surface area contributed by atoms with Crippen LogP contribution in [0.4, 0.5) is 25.0 Å². The molecule has 45 heavy (non-hydrogen) atoms. The SMILES string of the molecule is N#Cc1cccc(N2C(=O)OC[C@H]2C(=O)N(c2cccc3cn[nH]c23)C(C(=O)NC2CCC(F)(F)CC2)c2ccccc2Cl)c1. The number of carbonyl (C=O) groups is 3. The topological polar surface area (TPSA) is 131 Å².